The number of benzene rings is 1. The highest BCUT2D eigenvalue weighted by Crippen LogP contribution is 2.42. The zero-order valence-electron chi connectivity index (χ0n) is 42.5. The summed E-state index contributed by atoms with van der Waals surface area (Å²) >= 11 is 1.37. The fraction of sp³-hybridized carbons (Fsp3) is 0.528. The van der Waals surface area contributed by atoms with E-state index in [2.05, 4.69) is 79.0 Å². The fourth-order valence-electron chi connectivity index (χ4n) is 10.5. The van der Waals surface area contributed by atoms with Gasteiger partial charge in [-0.3, -0.25) is 34.0 Å². The molecule has 380 valence electrons. The number of likely N-dealkylation sites (tertiary alicyclic amines) is 1. The number of cyclic esters (lactones) is 1. The number of rotatable bonds is 10. The summed E-state index contributed by atoms with van der Waals surface area (Å²) in [6.07, 6.45) is 7.47. The molecule has 3 aromatic heterocycles. The van der Waals surface area contributed by atoms with Crippen molar-refractivity contribution in [2.24, 2.45) is 18.4 Å². The molecule has 4 aromatic rings. The number of nitrogens with one attached hydrogen (secondary N) is 2. The highest BCUT2D eigenvalue weighted by molar-refractivity contribution is 7.10. The van der Waals surface area contributed by atoms with Crippen molar-refractivity contribution in [2.75, 3.05) is 60.5 Å². The van der Waals surface area contributed by atoms with Crippen molar-refractivity contribution in [3.63, 3.8) is 0 Å². The van der Waals surface area contributed by atoms with E-state index in [4.69, 9.17) is 19.4 Å². The van der Waals surface area contributed by atoms with E-state index >= 15 is 0 Å². The lowest BCUT2D eigenvalue weighted by Gasteiger charge is -2.37. The third kappa shape index (κ3) is 10.6. The van der Waals surface area contributed by atoms with Crippen molar-refractivity contribution in [1.29, 1.82) is 0 Å². The molecule has 3 N–H and O–H groups in total. The number of carbonyl (C=O) groups is 5. The first-order chi connectivity index (χ1) is 33.7. The van der Waals surface area contributed by atoms with Crippen LogP contribution >= 0.6 is 11.3 Å². The second kappa shape index (κ2) is 20.7. The summed E-state index contributed by atoms with van der Waals surface area (Å²) in [7, 11) is 7.34. The van der Waals surface area contributed by atoms with Crippen LogP contribution in [-0.2, 0) is 53.3 Å². The van der Waals surface area contributed by atoms with Gasteiger partial charge in [0.25, 0.3) is 11.8 Å². The molecule has 2 fully saturated rings. The Morgan fingerprint density at radius 2 is 1.89 bits per heavy atom. The number of aryl methyl sites for hydroxylation is 1. The molecule has 1 aromatic carbocycles. The monoisotopic (exact) mass is 991 g/mol. The van der Waals surface area contributed by atoms with Crippen molar-refractivity contribution in [2.45, 2.75) is 103 Å². The average Bonchev–Trinajstić information content (AvgIpc) is 4.07. The molecule has 7 heterocycles. The van der Waals surface area contributed by atoms with E-state index in [0.717, 1.165) is 70.1 Å². The predicted octanol–water partition coefficient (Wildman–Crippen LogP) is 5.07. The summed E-state index contributed by atoms with van der Waals surface area (Å²) in [5.74, 6) is -3.12. The summed E-state index contributed by atoms with van der Waals surface area (Å²) in [4.78, 5) is 84.6. The van der Waals surface area contributed by atoms with Crippen LogP contribution in [0.4, 0.5) is 0 Å². The molecule has 18 heteroatoms. The molecule has 0 spiro atoms. The zero-order valence-corrected chi connectivity index (χ0v) is 43.4. The second-order valence-corrected chi connectivity index (χ2v) is 21.8. The third-order valence-corrected chi connectivity index (χ3v) is 15.5. The molecule has 5 atom stereocenters. The van der Waals surface area contributed by atoms with Gasteiger partial charge in [0.05, 0.1) is 41.3 Å². The lowest BCUT2D eigenvalue weighted by atomic mass is 9.84. The molecule has 4 aliphatic heterocycles. The maximum absolute atomic E-state index is 14.7. The third-order valence-electron chi connectivity index (χ3n) is 14.6. The molecule has 71 heavy (non-hydrogen) atoms. The summed E-state index contributed by atoms with van der Waals surface area (Å²) in [6.45, 7) is 15.4. The van der Waals surface area contributed by atoms with E-state index < -0.39 is 64.7 Å². The molecule has 4 aliphatic rings. The standard InChI is InChI=1S/C53H69N9O8S/c1-11-44(63)61-22-18-53(68,29-61)51(67)60(9)46(31(2)3)48(64)56-40-25-43-55-41(28-71-43)34-14-15-42-36(23-34)38(26-52(5,6)30-70-50(66)39-13-12-19-62(57-39)49(40)65)47(59(42)8)37-24-35(27-54-45(37)32(4)69-10)33-16-20-58(7)21-17-33/h11,14-16,23-24,27-28,31-32,39-40,46,57,68H,1,12-13,17-22,25-26,29-30H2,2-10H3,(H,56,64)/t32-,39-,40-,46-,53-/m0/s1. The van der Waals surface area contributed by atoms with Gasteiger partial charge in [-0.25, -0.2) is 10.4 Å². The van der Waals surface area contributed by atoms with Gasteiger partial charge in [0.15, 0.2) is 5.60 Å². The highest BCUT2D eigenvalue weighted by atomic mass is 32.1. The second-order valence-electron chi connectivity index (χ2n) is 20.9. The quantitative estimate of drug-likeness (QED) is 0.142. The number of ether oxygens (including phenoxy) is 2. The van der Waals surface area contributed by atoms with Crippen LogP contribution in [0.5, 0.6) is 0 Å². The molecule has 2 saturated heterocycles. The van der Waals surface area contributed by atoms with Crippen LogP contribution in [0, 0.1) is 11.3 Å². The van der Waals surface area contributed by atoms with Gasteiger partial charge in [0, 0.05) is 99.2 Å². The van der Waals surface area contributed by atoms with Gasteiger partial charge in [-0.15, -0.1) is 11.3 Å². The number of aromatic nitrogens is 3. The van der Waals surface area contributed by atoms with Crippen LogP contribution in [0.2, 0.25) is 0 Å². The van der Waals surface area contributed by atoms with Crippen LogP contribution in [0.25, 0.3) is 39.0 Å². The number of nitrogens with zero attached hydrogens (tertiary/aromatic N) is 7. The molecule has 8 rings (SSSR count). The van der Waals surface area contributed by atoms with Crippen LogP contribution in [0.3, 0.4) is 0 Å². The Bertz CT molecular complexity index is 2760. The molecule has 4 amide bonds. The Balaban J connectivity index is 1.18. The SMILES string of the molecule is C=CC(=O)N1CC[C@@](O)(C(=O)N(C)[C@H](C(=O)N[C@H]2Cc3nc(cs3)-c3ccc4c(c3)c(c(-c3cc(C5=CCN(C)CC5)cnc3[C@H](C)OC)n4C)CC(C)(C)COC(=O)[C@@H]3CCCN(N3)C2=O)C(C)C)C1. The first-order valence-corrected chi connectivity index (χ1v) is 25.5. The number of esters is 1. The van der Waals surface area contributed by atoms with Crippen LogP contribution in [0.1, 0.15) is 88.2 Å². The number of methoxy groups -OCH3 is 1. The number of hydrazine groups is 1. The minimum atomic E-state index is -1.91. The maximum Gasteiger partial charge on any atom is 0.324 e. The van der Waals surface area contributed by atoms with E-state index in [0.29, 0.717) is 30.0 Å². The molecular weight excluding hydrogens is 923 g/mol. The molecule has 0 unspecified atom stereocenters. The molecule has 17 nitrogen and oxygen atoms in total. The van der Waals surface area contributed by atoms with Gasteiger partial charge in [-0.05, 0) is 86.5 Å². The minimum absolute atomic E-state index is 0.00602. The van der Waals surface area contributed by atoms with E-state index in [9.17, 15) is 29.1 Å². The summed E-state index contributed by atoms with van der Waals surface area (Å²) in [6, 6.07) is 5.47. The van der Waals surface area contributed by atoms with Gasteiger partial charge in [0.1, 0.15) is 18.1 Å². The van der Waals surface area contributed by atoms with E-state index in [1.165, 1.54) is 38.8 Å². The number of hydrogen-bond donors (Lipinski definition) is 3. The van der Waals surface area contributed by atoms with Crippen molar-refractivity contribution < 1.29 is 38.6 Å². The van der Waals surface area contributed by atoms with Crippen LogP contribution < -0.4 is 10.7 Å². The molecule has 6 bridgehead atoms. The maximum atomic E-state index is 14.7. The zero-order chi connectivity index (χ0) is 51.1. The van der Waals surface area contributed by atoms with Crippen molar-refractivity contribution >= 4 is 57.4 Å². The number of likely N-dealkylation sites (N-methyl/N-ethyl adjacent to an activating group) is 2. The number of carbonyl (C=O) groups excluding carboxylic acids is 5. The number of thiazole rings is 1. The number of pyridine rings is 1. The highest BCUT2D eigenvalue weighted by Gasteiger charge is 2.48. The lowest BCUT2D eigenvalue weighted by molar-refractivity contribution is -0.156. The lowest BCUT2D eigenvalue weighted by Crippen LogP contribution is -2.63. The largest absolute Gasteiger partial charge is 0.464 e. The summed E-state index contributed by atoms with van der Waals surface area (Å²) in [5.41, 5.74) is 9.43. The number of aliphatic hydroxyl groups is 1. The Hall–Kier alpha value is -5.79. The number of fused-ring (bicyclic) bond motifs is 6. The van der Waals surface area contributed by atoms with E-state index in [1.807, 2.05) is 24.6 Å². The van der Waals surface area contributed by atoms with Crippen molar-refractivity contribution in [3.05, 3.63) is 76.4 Å². The Morgan fingerprint density at radius 3 is 2.59 bits per heavy atom. The van der Waals surface area contributed by atoms with Crippen LogP contribution in [-0.4, -0.2) is 153 Å². The number of amides is 4. The summed E-state index contributed by atoms with van der Waals surface area (Å²) < 4.78 is 14.3. The topological polar surface area (TPSA) is 192 Å². The van der Waals surface area contributed by atoms with Gasteiger partial charge in [0.2, 0.25) is 11.8 Å². The fourth-order valence-corrected chi connectivity index (χ4v) is 11.4. The smallest absolute Gasteiger partial charge is 0.324 e. The average molecular weight is 992 g/mol. The molecule has 0 aliphatic carbocycles. The van der Waals surface area contributed by atoms with Crippen molar-refractivity contribution in [1.82, 2.24) is 45.0 Å². The first kappa shape index (κ1) is 51.6. The van der Waals surface area contributed by atoms with E-state index in [1.54, 1.807) is 21.0 Å². The van der Waals surface area contributed by atoms with Crippen LogP contribution in [0.15, 0.2) is 54.6 Å². The van der Waals surface area contributed by atoms with Gasteiger partial charge < -0.3 is 39.2 Å². The van der Waals surface area contributed by atoms with Gasteiger partial charge >= 0.3 is 5.97 Å². The Morgan fingerprint density at radius 1 is 1.11 bits per heavy atom. The van der Waals surface area contributed by atoms with Crippen molar-refractivity contribution in [3.8, 4) is 22.5 Å². The number of β-amino-alcohol motifs (C(OH)–C–C–N with tert-alkyl or cyclic N) is 1. The molecule has 0 saturated carbocycles. The Kier molecular flexibility index (Phi) is 15.1. The van der Waals surface area contributed by atoms with E-state index in [-0.39, 0.29) is 45.2 Å². The Labute approximate surface area is 420 Å². The minimum Gasteiger partial charge on any atom is -0.464 e. The molecular formula is C53H69N9O8S. The first-order valence-electron chi connectivity index (χ1n) is 24.6. The molecule has 0 radical (unpaired) electrons. The van der Waals surface area contributed by atoms with Gasteiger partial charge in [-0.2, -0.15) is 0 Å². The predicted molar refractivity (Wildman–Crippen MR) is 272 cm³/mol. The summed E-state index contributed by atoms with van der Waals surface area (Å²) in [5, 5.41) is 19.4. The normalized spacial score (nSPS) is 22.9. The number of hydrogen-bond acceptors (Lipinski definition) is 13. The van der Waals surface area contributed by atoms with Gasteiger partial charge in [-0.1, -0.05) is 46.4 Å².